The van der Waals surface area contributed by atoms with E-state index in [2.05, 4.69) is 20.3 Å². The highest BCUT2D eigenvalue weighted by molar-refractivity contribution is 5.81. The third-order valence-electron chi connectivity index (χ3n) is 2.85. The van der Waals surface area contributed by atoms with Crippen LogP contribution in [0, 0.1) is 0 Å². The Morgan fingerprint density at radius 2 is 2.05 bits per heavy atom. The lowest BCUT2D eigenvalue weighted by molar-refractivity contribution is 1.06. The van der Waals surface area contributed by atoms with Crippen molar-refractivity contribution in [2.24, 2.45) is 0 Å². The summed E-state index contributed by atoms with van der Waals surface area (Å²) in [6, 6.07) is 11.4. The Balaban J connectivity index is 1.88. The standard InChI is InChI=1S/C14H12N4O/c19-13-7-12(17-9-18-13)16-8-11-4-1-3-10-5-2-6-15-14(10)11/h1-7,9H,8H2,(H2,16,17,18,19). The van der Waals surface area contributed by atoms with Crippen LogP contribution in [-0.2, 0) is 6.54 Å². The van der Waals surface area contributed by atoms with Gasteiger partial charge in [-0.15, -0.1) is 0 Å². The molecule has 0 bridgehead atoms. The minimum Gasteiger partial charge on any atom is -0.366 e. The SMILES string of the molecule is O=c1cc(NCc2cccc3cccnc23)nc[nH]1. The molecule has 0 amide bonds. The van der Waals surface area contributed by atoms with Crippen LogP contribution in [0.1, 0.15) is 5.56 Å². The van der Waals surface area contributed by atoms with Crippen molar-refractivity contribution in [3.63, 3.8) is 0 Å². The van der Waals surface area contributed by atoms with Crippen molar-refractivity contribution in [3.8, 4) is 0 Å². The number of H-pyrrole nitrogens is 1. The highest BCUT2D eigenvalue weighted by Crippen LogP contribution is 2.16. The molecule has 0 saturated heterocycles. The number of anilines is 1. The molecule has 3 aromatic rings. The molecular formula is C14H12N4O. The number of hydrogen-bond acceptors (Lipinski definition) is 4. The monoisotopic (exact) mass is 252 g/mol. The van der Waals surface area contributed by atoms with Crippen LogP contribution in [0.2, 0.25) is 0 Å². The molecule has 2 heterocycles. The Morgan fingerprint density at radius 3 is 2.95 bits per heavy atom. The molecule has 0 atom stereocenters. The Hall–Kier alpha value is -2.69. The van der Waals surface area contributed by atoms with Gasteiger partial charge in [-0.05, 0) is 11.6 Å². The summed E-state index contributed by atoms with van der Waals surface area (Å²) in [6.07, 6.45) is 3.16. The number of nitrogens with one attached hydrogen (secondary N) is 2. The predicted octanol–water partition coefficient (Wildman–Crippen LogP) is 1.93. The maximum atomic E-state index is 11.2. The number of benzene rings is 1. The van der Waals surface area contributed by atoms with Gasteiger partial charge in [-0.1, -0.05) is 24.3 Å². The molecule has 0 aliphatic rings. The van der Waals surface area contributed by atoms with Crippen LogP contribution in [0.15, 0.2) is 53.7 Å². The minimum atomic E-state index is -0.173. The summed E-state index contributed by atoms with van der Waals surface area (Å²) in [5.74, 6) is 0.552. The molecule has 0 fully saturated rings. The summed E-state index contributed by atoms with van der Waals surface area (Å²) in [6.45, 7) is 0.574. The van der Waals surface area contributed by atoms with E-state index >= 15 is 0 Å². The molecule has 2 N–H and O–H groups in total. The Morgan fingerprint density at radius 1 is 1.16 bits per heavy atom. The number of para-hydroxylation sites is 1. The molecule has 5 heteroatoms. The minimum absolute atomic E-state index is 0.173. The lowest BCUT2D eigenvalue weighted by Crippen LogP contribution is -2.09. The quantitative estimate of drug-likeness (QED) is 0.747. The van der Waals surface area contributed by atoms with Crippen molar-refractivity contribution in [2.45, 2.75) is 6.54 Å². The zero-order valence-corrected chi connectivity index (χ0v) is 10.1. The van der Waals surface area contributed by atoms with Crippen LogP contribution in [0.3, 0.4) is 0 Å². The summed E-state index contributed by atoms with van der Waals surface area (Å²) in [4.78, 5) is 22.1. The van der Waals surface area contributed by atoms with E-state index in [1.165, 1.54) is 12.4 Å². The van der Waals surface area contributed by atoms with E-state index in [9.17, 15) is 4.79 Å². The maximum Gasteiger partial charge on any atom is 0.252 e. The second-order valence-corrected chi connectivity index (χ2v) is 4.14. The van der Waals surface area contributed by atoms with Gasteiger partial charge >= 0.3 is 0 Å². The normalized spacial score (nSPS) is 10.5. The van der Waals surface area contributed by atoms with Crippen molar-refractivity contribution in [1.82, 2.24) is 15.0 Å². The second kappa shape index (κ2) is 4.89. The van der Waals surface area contributed by atoms with E-state index in [1.807, 2.05) is 30.3 Å². The topological polar surface area (TPSA) is 70.7 Å². The first-order valence-electron chi connectivity index (χ1n) is 5.94. The maximum absolute atomic E-state index is 11.2. The van der Waals surface area contributed by atoms with Crippen molar-refractivity contribution in [2.75, 3.05) is 5.32 Å². The number of hydrogen-bond donors (Lipinski definition) is 2. The van der Waals surface area contributed by atoms with Gasteiger partial charge < -0.3 is 10.3 Å². The molecule has 0 aliphatic carbocycles. The van der Waals surface area contributed by atoms with E-state index in [0.717, 1.165) is 16.5 Å². The highest BCUT2D eigenvalue weighted by Gasteiger charge is 2.02. The fourth-order valence-corrected chi connectivity index (χ4v) is 1.96. The average molecular weight is 252 g/mol. The number of aromatic nitrogens is 3. The fraction of sp³-hybridized carbons (Fsp3) is 0.0714. The van der Waals surface area contributed by atoms with Crippen LogP contribution < -0.4 is 10.9 Å². The largest absolute Gasteiger partial charge is 0.366 e. The van der Waals surface area contributed by atoms with E-state index in [1.54, 1.807) is 6.20 Å². The van der Waals surface area contributed by atoms with Gasteiger partial charge in [0, 0.05) is 24.2 Å². The summed E-state index contributed by atoms with van der Waals surface area (Å²) >= 11 is 0. The summed E-state index contributed by atoms with van der Waals surface area (Å²) in [5.41, 5.74) is 1.86. The number of fused-ring (bicyclic) bond motifs is 1. The molecule has 0 saturated carbocycles. The zero-order valence-electron chi connectivity index (χ0n) is 10.1. The van der Waals surface area contributed by atoms with Crippen molar-refractivity contribution in [1.29, 1.82) is 0 Å². The lowest BCUT2D eigenvalue weighted by atomic mass is 10.1. The van der Waals surface area contributed by atoms with E-state index in [0.29, 0.717) is 12.4 Å². The third kappa shape index (κ3) is 2.44. The van der Waals surface area contributed by atoms with Gasteiger partial charge in [0.05, 0.1) is 11.8 Å². The molecule has 0 unspecified atom stereocenters. The van der Waals surface area contributed by atoms with Gasteiger partial charge in [0.25, 0.3) is 5.56 Å². The number of nitrogens with zero attached hydrogens (tertiary/aromatic N) is 2. The van der Waals surface area contributed by atoms with Gasteiger partial charge in [0.2, 0.25) is 0 Å². The fourth-order valence-electron chi connectivity index (χ4n) is 1.96. The van der Waals surface area contributed by atoms with Crippen LogP contribution in [0.25, 0.3) is 10.9 Å². The summed E-state index contributed by atoms with van der Waals surface area (Å²) < 4.78 is 0. The van der Waals surface area contributed by atoms with Gasteiger partial charge in [-0.2, -0.15) is 0 Å². The lowest BCUT2D eigenvalue weighted by Gasteiger charge is -2.07. The molecule has 0 radical (unpaired) electrons. The number of pyridine rings is 1. The van der Waals surface area contributed by atoms with Crippen molar-refractivity contribution < 1.29 is 0 Å². The number of rotatable bonds is 3. The molecule has 0 spiro atoms. The molecule has 19 heavy (non-hydrogen) atoms. The van der Waals surface area contributed by atoms with Crippen LogP contribution >= 0.6 is 0 Å². The Bertz CT molecular complexity index is 761. The van der Waals surface area contributed by atoms with E-state index in [4.69, 9.17) is 0 Å². The van der Waals surface area contributed by atoms with E-state index in [-0.39, 0.29) is 5.56 Å². The molecule has 1 aromatic carbocycles. The molecule has 94 valence electrons. The zero-order chi connectivity index (χ0) is 13.1. The first-order valence-corrected chi connectivity index (χ1v) is 5.94. The molecular weight excluding hydrogens is 240 g/mol. The Labute approximate surface area is 109 Å². The first kappa shape index (κ1) is 11.4. The average Bonchev–Trinajstić information content (AvgIpc) is 2.45. The molecule has 0 aliphatic heterocycles. The van der Waals surface area contributed by atoms with Crippen LogP contribution in [-0.4, -0.2) is 15.0 Å². The van der Waals surface area contributed by atoms with Gasteiger partial charge in [0.15, 0.2) is 0 Å². The predicted molar refractivity (Wildman–Crippen MR) is 73.9 cm³/mol. The third-order valence-corrected chi connectivity index (χ3v) is 2.85. The first-order chi connectivity index (χ1) is 9.33. The highest BCUT2D eigenvalue weighted by atomic mass is 16.1. The molecule has 2 aromatic heterocycles. The van der Waals surface area contributed by atoms with E-state index < -0.39 is 0 Å². The molecule has 3 rings (SSSR count). The van der Waals surface area contributed by atoms with Crippen molar-refractivity contribution >= 4 is 16.7 Å². The van der Waals surface area contributed by atoms with Crippen LogP contribution in [0.4, 0.5) is 5.82 Å². The Kier molecular flexibility index (Phi) is 2.94. The van der Waals surface area contributed by atoms with Gasteiger partial charge in [-0.25, -0.2) is 4.98 Å². The van der Waals surface area contributed by atoms with Crippen LogP contribution in [0.5, 0.6) is 0 Å². The van der Waals surface area contributed by atoms with Gasteiger partial charge in [0.1, 0.15) is 5.82 Å². The summed E-state index contributed by atoms with van der Waals surface area (Å²) in [5, 5.41) is 4.22. The second-order valence-electron chi connectivity index (χ2n) is 4.14. The van der Waals surface area contributed by atoms with Gasteiger partial charge in [-0.3, -0.25) is 9.78 Å². The van der Waals surface area contributed by atoms with Crippen molar-refractivity contribution in [3.05, 3.63) is 64.8 Å². The molecule has 5 nitrogen and oxygen atoms in total. The number of aromatic amines is 1. The summed E-state index contributed by atoms with van der Waals surface area (Å²) in [7, 11) is 0. The smallest absolute Gasteiger partial charge is 0.252 e.